The summed E-state index contributed by atoms with van der Waals surface area (Å²) in [4.78, 5) is 17.2. The highest BCUT2D eigenvalue weighted by atomic mass is 19.4. The third kappa shape index (κ3) is 4.14. The van der Waals surface area contributed by atoms with Gasteiger partial charge in [-0.15, -0.1) is 0 Å². The van der Waals surface area contributed by atoms with Gasteiger partial charge in [0.15, 0.2) is 11.5 Å². The lowest BCUT2D eigenvalue weighted by Crippen LogP contribution is -2.73. The Hall–Kier alpha value is -2.78. The molecule has 1 amide bonds. The largest absolute Gasteiger partial charge is 0.504 e. The van der Waals surface area contributed by atoms with Crippen molar-refractivity contribution in [1.82, 2.24) is 9.80 Å². The number of halogens is 3. The predicted octanol–water partition coefficient (Wildman–Crippen LogP) is 4.29. The van der Waals surface area contributed by atoms with Crippen LogP contribution in [0.5, 0.6) is 11.5 Å². The molecular formula is C29H35F3N2O4. The monoisotopic (exact) mass is 532 g/mol. The molecule has 4 atom stereocenters. The number of hydrogen-bond acceptors (Lipinski definition) is 5. The van der Waals surface area contributed by atoms with E-state index < -0.39 is 22.8 Å². The quantitative estimate of drug-likeness (QED) is 0.601. The van der Waals surface area contributed by atoms with Crippen LogP contribution in [0.15, 0.2) is 36.4 Å². The normalized spacial score (nSPS) is 28.8. The molecule has 2 aromatic carbocycles. The third-order valence-corrected chi connectivity index (χ3v) is 9.42. The summed E-state index contributed by atoms with van der Waals surface area (Å²) in [6.07, 6.45) is -0.823. The van der Waals surface area contributed by atoms with Crippen molar-refractivity contribution in [1.29, 1.82) is 0 Å². The number of carbonyl (C=O) groups excluding carboxylic acids is 1. The Kier molecular flexibility index (Phi) is 6.67. The van der Waals surface area contributed by atoms with E-state index in [2.05, 4.69) is 4.90 Å². The topological polar surface area (TPSA) is 73.2 Å². The number of alkyl halides is 3. The van der Waals surface area contributed by atoms with Gasteiger partial charge in [-0.3, -0.25) is 4.79 Å². The summed E-state index contributed by atoms with van der Waals surface area (Å²) in [7, 11) is 5.35. The van der Waals surface area contributed by atoms with E-state index in [0.29, 0.717) is 49.8 Å². The molecule has 6 nitrogen and oxygen atoms in total. The number of benzene rings is 2. The van der Waals surface area contributed by atoms with Gasteiger partial charge < -0.3 is 24.7 Å². The van der Waals surface area contributed by atoms with Crippen LogP contribution in [0.3, 0.4) is 0 Å². The second kappa shape index (κ2) is 9.45. The van der Waals surface area contributed by atoms with Crippen molar-refractivity contribution >= 4 is 5.91 Å². The number of likely N-dealkylation sites (N-methyl/N-ethyl adjacent to an activating group) is 1. The molecule has 1 aliphatic heterocycles. The number of aryl methyl sites for hydroxylation is 1. The van der Waals surface area contributed by atoms with Gasteiger partial charge in [-0.05, 0) is 81.4 Å². The van der Waals surface area contributed by atoms with Gasteiger partial charge in [-0.1, -0.05) is 18.2 Å². The van der Waals surface area contributed by atoms with Gasteiger partial charge in [0.2, 0.25) is 5.91 Å². The third-order valence-electron chi connectivity index (χ3n) is 9.42. The highest BCUT2D eigenvalue weighted by Crippen LogP contribution is 2.61. The van der Waals surface area contributed by atoms with E-state index in [1.807, 2.05) is 13.1 Å². The minimum atomic E-state index is -4.39. The first kappa shape index (κ1) is 26.8. The molecule has 2 fully saturated rings. The summed E-state index contributed by atoms with van der Waals surface area (Å²) < 4.78 is 44.3. The molecule has 2 aromatic rings. The Labute approximate surface area is 221 Å². The smallest absolute Gasteiger partial charge is 0.416 e. The molecule has 2 N–H and O–H groups in total. The molecule has 9 heteroatoms. The minimum Gasteiger partial charge on any atom is -0.504 e. The van der Waals surface area contributed by atoms with Crippen LogP contribution in [0.25, 0.3) is 0 Å². The fourth-order valence-electron chi connectivity index (χ4n) is 7.31. The van der Waals surface area contributed by atoms with Crippen LogP contribution in [-0.2, 0) is 29.2 Å². The summed E-state index contributed by atoms with van der Waals surface area (Å²) >= 11 is 0. The van der Waals surface area contributed by atoms with Crippen LogP contribution in [0.1, 0.15) is 54.4 Å². The number of hydrogen-bond donors (Lipinski definition) is 2. The number of likely N-dealkylation sites (tertiary alicyclic amines) is 1. The molecule has 0 aromatic heterocycles. The second-order valence-electron chi connectivity index (χ2n) is 11.2. The van der Waals surface area contributed by atoms with E-state index in [1.54, 1.807) is 18.0 Å². The van der Waals surface area contributed by atoms with E-state index in [4.69, 9.17) is 4.74 Å². The number of phenolic OH excluding ortho intramolecular Hbond substituents is 1. The van der Waals surface area contributed by atoms with Gasteiger partial charge >= 0.3 is 6.18 Å². The first-order valence-corrected chi connectivity index (χ1v) is 13.1. The van der Waals surface area contributed by atoms with Crippen LogP contribution < -0.4 is 4.74 Å². The Morgan fingerprint density at radius 1 is 1.18 bits per heavy atom. The maximum absolute atomic E-state index is 13.2. The summed E-state index contributed by atoms with van der Waals surface area (Å²) in [6, 6.07) is 8.30. The first-order valence-electron chi connectivity index (χ1n) is 13.1. The molecule has 1 saturated heterocycles. The number of fused-ring (bicyclic) bond motifs is 1. The highest BCUT2D eigenvalue weighted by Gasteiger charge is 2.65. The van der Waals surface area contributed by atoms with Crippen molar-refractivity contribution in [3.8, 4) is 11.5 Å². The molecule has 2 bridgehead atoms. The van der Waals surface area contributed by atoms with Crippen molar-refractivity contribution < 1.29 is 32.9 Å². The molecule has 1 heterocycles. The zero-order valence-corrected chi connectivity index (χ0v) is 22.0. The predicted molar refractivity (Wildman–Crippen MR) is 136 cm³/mol. The Bertz CT molecular complexity index is 1220. The van der Waals surface area contributed by atoms with Crippen LogP contribution in [0.2, 0.25) is 0 Å². The fourth-order valence-corrected chi connectivity index (χ4v) is 7.31. The molecule has 2 aliphatic carbocycles. The molecule has 0 spiro atoms. The van der Waals surface area contributed by atoms with Crippen LogP contribution in [-0.4, -0.2) is 71.4 Å². The average molecular weight is 533 g/mol. The number of rotatable bonds is 5. The standard InChI is InChI=1S/C29H35F3N2O4/c1-33-15-14-27-17-21(34(2)24(36)11-6-18-4-8-20(9-5-18)29(30,31)32)12-13-28(27,37)23(33)16-19-7-10-22(35)26(38-3)25(19)27/h4-5,7-10,21,23,35,37H,6,11-17H2,1-3H3/t21?,23-,27-,28-/m1/s1. The van der Waals surface area contributed by atoms with Gasteiger partial charge in [0, 0.05) is 36.5 Å². The fraction of sp³-hybridized carbons (Fsp3) is 0.552. The van der Waals surface area contributed by atoms with Crippen LogP contribution >= 0.6 is 0 Å². The summed E-state index contributed by atoms with van der Waals surface area (Å²) in [6.45, 7) is 0.781. The SMILES string of the molecule is COc1c(O)ccc2c1[C@]13CCN(C)[C@H](C2)[C@]1(O)CCC(N(C)C(=O)CCc1ccc(C(F)(F)F)cc1)C3. The maximum Gasteiger partial charge on any atom is 0.416 e. The molecule has 1 unspecified atom stereocenters. The Balaban J connectivity index is 1.39. The van der Waals surface area contributed by atoms with Crippen molar-refractivity contribution in [2.75, 3.05) is 27.7 Å². The number of amides is 1. The van der Waals surface area contributed by atoms with Crippen molar-refractivity contribution in [3.63, 3.8) is 0 Å². The van der Waals surface area contributed by atoms with Gasteiger partial charge in [0.25, 0.3) is 0 Å². The lowest BCUT2D eigenvalue weighted by atomic mass is 9.48. The van der Waals surface area contributed by atoms with Gasteiger partial charge in [-0.2, -0.15) is 13.2 Å². The van der Waals surface area contributed by atoms with E-state index in [9.17, 15) is 28.2 Å². The Morgan fingerprint density at radius 2 is 1.89 bits per heavy atom. The summed E-state index contributed by atoms with van der Waals surface area (Å²) in [5, 5.41) is 22.9. The molecule has 0 radical (unpaired) electrons. The van der Waals surface area contributed by atoms with E-state index in [-0.39, 0.29) is 30.2 Å². The van der Waals surface area contributed by atoms with Crippen molar-refractivity contribution in [2.45, 2.75) is 74.2 Å². The van der Waals surface area contributed by atoms with Crippen molar-refractivity contribution in [3.05, 3.63) is 58.7 Å². The number of piperidine rings is 1. The average Bonchev–Trinajstić information content (AvgIpc) is 2.88. The van der Waals surface area contributed by atoms with Crippen molar-refractivity contribution in [2.24, 2.45) is 0 Å². The number of aromatic hydroxyl groups is 1. The van der Waals surface area contributed by atoms with Crippen LogP contribution in [0.4, 0.5) is 13.2 Å². The Morgan fingerprint density at radius 3 is 2.55 bits per heavy atom. The molecule has 5 rings (SSSR count). The molecule has 38 heavy (non-hydrogen) atoms. The molecular weight excluding hydrogens is 497 g/mol. The van der Waals surface area contributed by atoms with Gasteiger partial charge in [0.05, 0.1) is 18.3 Å². The lowest BCUT2D eigenvalue weighted by Gasteiger charge is -2.64. The lowest BCUT2D eigenvalue weighted by molar-refractivity contribution is -0.173. The summed E-state index contributed by atoms with van der Waals surface area (Å²) in [5.74, 6) is 0.365. The molecule has 1 saturated carbocycles. The highest BCUT2D eigenvalue weighted by molar-refractivity contribution is 5.76. The minimum absolute atomic E-state index is 0.0449. The molecule has 206 valence electrons. The maximum atomic E-state index is 13.2. The van der Waals surface area contributed by atoms with E-state index in [1.165, 1.54) is 19.2 Å². The van der Waals surface area contributed by atoms with Gasteiger partial charge in [0.1, 0.15) is 0 Å². The number of nitrogens with zero attached hydrogens (tertiary/aromatic N) is 2. The van der Waals surface area contributed by atoms with E-state index in [0.717, 1.165) is 29.8 Å². The number of methoxy groups -OCH3 is 1. The second-order valence-corrected chi connectivity index (χ2v) is 11.2. The molecule has 3 aliphatic rings. The van der Waals surface area contributed by atoms with E-state index >= 15 is 0 Å². The van der Waals surface area contributed by atoms with Gasteiger partial charge in [-0.25, -0.2) is 0 Å². The zero-order chi connectivity index (χ0) is 27.5. The number of phenols is 1. The number of carbonyl (C=O) groups is 1. The first-order chi connectivity index (χ1) is 17.9. The zero-order valence-electron chi connectivity index (χ0n) is 22.0. The number of aliphatic hydroxyl groups is 1. The van der Waals surface area contributed by atoms with Crippen LogP contribution in [0, 0.1) is 0 Å². The number of ether oxygens (including phenoxy) is 1. The summed E-state index contributed by atoms with van der Waals surface area (Å²) in [5.41, 5.74) is 0.196.